The number of fused-ring (bicyclic) bond motifs is 2. The minimum absolute atomic E-state index is 0.0661. The molecule has 0 aliphatic rings. The molecule has 2 aromatic carbocycles. The van der Waals surface area contributed by atoms with Crippen LogP contribution >= 0.6 is 0 Å². The molecule has 0 bridgehead atoms. The summed E-state index contributed by atoms with van der Waals surface area (Å²) in [5.41, 5.74) is 2.07. The molecule has 0 spiro atoms. The van der Waals surface area contributed by atoms with E-state index in [-0.39, 0.29) is 23.6 Å². The van der Waals surface area contributed by atoms with E-state index >= 15 is 0 Å². The van der Waals surface area contributed by atoms with Crippen LogP contribution in [0.25, 0.3) is 27.6 Å². The first-order valence-electron chi connectivity index (χ1n) is 10.9. The second kappa shape index (κ2) is 8.94. The molecule has 1 N–H and O–H groups in total. The van der Waals surface area contributed by atoms with Crippen LogP contribution in [-0.2, 0) is 4.74 Å². The van der Waals surface area contributed by atoms with Gasteiger partial charge in [-0.3, -0.25) is 9.78 Å². The van der Waals surface area contributed by atoms with Crippen molar-refractivity contribution in [1.82, 2.24) is 19.7 Å². The SMILES string of the molecule is CCOC(=O)c1cnn(-c2ccc3ccccc3n2)c1NC(=O)c1cc(C)nc2ccc(F)cc12. The number of ether oxygens (including phenoxy) is 1. The third kappa shape index (κ3) is 4.19. The van der Waals surface area contributed by atoms with Crippen LogP contribution < -0.4 is 5.32 Å². The lowest BCUT2D eigenvalue weighted by molar-refractivity contribution is 0.0527. The summed E-state index contributed by atoms with van der Waals surface area (Å²) in [6.45, 7) is 3.58. The van der Waals surface area contributed by atoms with E-state index in [9.17, 15) is 14.0 Å². The van der Waals surface area contributed by atoms with Crippen LogP contribution in [0.2, 0.25) is 0 Å². The number of hydrogen-bond acceptors (Lipinski definition) is 6. The Hall–Kier alpha value is -4.66. The number of halogens is 1. The highest BCUT2D eigenvalue weighted by Gasteiger charge is 2.24. The zero-order chi connectivity index (χ0) is 24.5. The number of aromatic nitrogens is 4. The maximum atomic E-state index is 14.0. The van der Waals surface area contributed by atoms with Gasteiger partial charge in [-0.2, -0.15) is 9.78 Å². The second-order valence-corrected chi connectivity index (χ2v) is 7.83. The van der Waals surface area contributed by atoms with Gasteiger partial charge < -0.3 is 10.1 Å². The Kier molecular flexibility index (Phi) is 5.66. The van der Waals surface area contributed by atoms with Gasteiger partial charge in [-0.15, -0.1) is 0 Å². The smallest absolute Gasteiger partial charge is 0.343 e. The van der Waals surface area contributed by atoms with Crippen molar-refractivity contribution in [2.75, 3.05) is 11.9 Å². The number of benzene rings is 2. The minimum atomic E-state index is -0.642. The quantitative estimate of drug-likeness (QED) is 0.370. The van der Waals surface area contributed by atoms with Gasteiger partial charge in [-0.1, -0.05) is 18.2 Å². The number of hydrogen-bond donors (Lipinski definition) is 1. The lowest BCUT2D eigenvalue weighted by Gasteiger charge is -2.13. The van der Waals surface area contributed by atoms with Crippen molar-refractivity contribution in [2.45, 2.75) is 13.8 Å². The van der Waals surface area contributed by atoms with Gasteiger partial charge >= 0.3 is 5.97 Å². The number of rotatable bonds is 5. The van der Waals surface area contributed by atoms with E-state index in [1.807, 2.05) is 30.3 Å². The Morgan fingerprint density at radius 1 is 1.00 bits per heavy atom. The minimum Gasteiger partial charge on any atom is -0.462 e. The Bertz CT molecular complexity index is 1610. The fourth-order valence-corrected chi connectivity index (χ4v) is 3.87. The maximum absolute atomic E-state index is 14.0. The van der Waals surface area contributed by atoms with Gasteiger partial charge in [0.2, 0.25) is 0 Å². The van der Waals surface area contributed by atoms with Crippen LogP contribution in [0.4, 0.5) is 10.2 Å². The number of nitrogens with one attached hydrogen (secondary N) is 1. The summed E-state index contributed by atoms with van der Waals surface area (Å²) in [5.74, 6) is -1.20. The molecule has 0 saturated carbocycles. The lowest BCUT2D eigenvalue weighted by Crippen LogP contribution is -2.19. The van der Waals surface area contributed by atoms with Crippen molar-refractivity contribution >= 4 is 39.5 Å². The van der Waals surface area contributed by atoms with E-state index in [2.05, 4.69) is 20.4 Å². The van der Waals surface area contributed by atoms with Crippen LogP contribution in [0.15, 0.2) is 66.9 Å². The number of aryl methyl sites for hydroxylation is 1. The molecule has 1 amide bonds. The Labute approximate surface area is 199 Å². The van der Waals surface area contributed by atoms with Crippen molar-refractivity contribution in [3.63, 3.8) is 0 Å². The van der Waals surface area contributed by atoms with Gasteiger partial charge in [0.1, 0.15) is 11.4 Å². The molecule has 35 heavy (non-hydrogen) atoms. The zero-order valence-electron chi connectivity index (χ0n) is 18.9. The molecule has 0 radical (unpaired) electrons. The molecule has 0 aliphatic heterocycles. The monoisotopic (exact) mass is 469 g/mol. The molecule has 5 aromatic rings. The summed E-state index contributed by atoms with van der Waals surface area (Å²) in [6.07, 6.45) is 1.32. The third-order valence-electron chi connectivity index (χ3n) is 5.44. The predicted molar refractivity (Wildman–Crippen MR) is 129 cm³/mol. The summed E-state index contributed by atoms with van der Waals surface area (Å²) in [7, 11) is 0. The van der Waals surface area contributed by atoms with Crippen molar-refractivity contribution in [2.24, 2.45) is 0 Å². The summed E-state index contributed by atoms with van der Waals surface area (Å²) in [4.78, 5) is 35.1. The molecule has 0 unspecified atom stereocenters. The number of carbonyl (C=O) groups is 2. The molecular weight excluding hydrogens is 449 g/mol. The normalized spacial score (nSPS) is 11.1. The van der Waals surface area contributed by atoms with Gasteiger partial charge in [0.05, 0.1) is 29.4 Å². The number of amides is 1. The summed E-state index contributed by atoms with van der Waals surface area (Å²) in [6, 6.07) is 16.8. The molecule has 9 heteroatoms. The summed E-state index contributed by atoms with van der Waals surface area (Å²) < 4.78 is 20.5. The average molecular weight is 469 g/mol. The van der Waals surface area contributed by atoms with E-state index < -0.39 is 17.7 Å². The second-order valence-electron chi connectivity index (χ2n) is 7.83. The van der Waals surface area contributed by atoms with Gasteiger partial charge in [0.25, 0.3) is 5.91 Å². The van der Waals surface area contributed by atoms with E-state index in [1.165, 1.54) is 29.1 Å². The van der Waals surface area contributed by atoms with Gasteiger partial charge in [-0.05, 0) is 56.3 Å². The van der Waals surface area contributed by atoms with Crippen molar-refractivity contribution in [3.05, 3.63) is 89.5 Å². The van der Waals surface area contributed by atoms with Gasteiger partial charge in [0, 0.05) is 16.5 Å². The molecule has 3 heterocycles. The molecule has 8 nitrogen and oxygen atoms in total. The summed E-state index contributed by atoms with van der Waals surface area (Å²) >= 11 is 0. The number of para-hydroxylation sites is 1. The maximum Gasteiger partial charge on any atom is 0.343 e. The first kappa shape index (κ1) is 22.1. The fraction of sp³-hybridized carbons (Fsp3) is 0.115. The molecular formula is C26H20FN5O3. The van der Waals surface area contributed by atoms with Gasteiger partial charge in [0.15, 0.2) is 11.6 Å². The Morgan fingerprint density at radius 3 is 2.66 bits per heavy atom. The van der Waals surface area contributed by atoms with Crippen LogP contribution in [-0.4, -0.2) is 38.2 Å². The topological polar surface area (TPSA) is 99.0 Å². The molecule has 0 atom stereocenters. The van der Waals surface area contributed by atoms with Crippen molar-refractivity contribution in [1.29, 1.82) is 0 Å². The number of esters is 1. The highest BCUT2D eigenvalue weighted by Crippen LogP contribution is 2.25. The first-order valence-corrected chi connectivity index (χ1v) is 10.9. The molecule has 0 aliphatic carbocycles. The highest BCUT2D eigenvalue weighted by molar-refractivity contribution is 6.13. The van der Waals surface area contributed by atoms with Crippen molar-refractivity contribution < 1.29 is 18.7 Å². The van der Waals surface area contributed by atoms with E-state index in [1.54, 1.807) is 26.0 Å². The van der Waals surface area contributed by atoms with Crippen LogP contribution in [0.3, 0.4) is 0 Å². The first-order chi connectivity index (χ1) is 16.9. The largest absolute Gasteiger partial charge is 0.462 e. The van der Waals surface area contributed by atoms with E-state index in [0.29, 0.717) is 22.4 Å². The molecule has 3 aromatic heterocycles. The number of pyridine rings is 2. The van der Waals surface area contributed by atoms with E-state index in [0.717, 1.165) is 10.9 Å². The lowest BCUT2D eigenvalue weighted by atomic mass is 10.1. The highest BCUT2D eigenvalue weighted by atomic mass is 19.1. The van der Waals surface area contributed by atoms with Gasteiger partial charge in [-0.25, -0.2) is 14.2 Å². The zero-order valence-corrected chi connectivity index (χ0v) is 18.9. The van der Waals surface area contributed by atoms with Crippen LogP contribution in [0.1, 0.15) is 33.3 Å². The summed E-state index contributed by atoms with van der Waals surface area (Å²) in [5, 5.41) is 8.35. The average Bonchev–Trinajstić information content (AvgIpc) is 3.27. The predicted octanol–water partition coefficient (Wildman–Crippen LogP) is 4.85. The molecule has 174 valence electrons. The molecule has 0 saturated heterocycles. The molecule has 0 fully saturated rings. The van der Waals surface area contributed by atoms with Crippen molar-refractivity contribution in [3.8, 4) is 5.82 Å². The number of anilines is 1. The third-order valence-corrected chi connectivity index (χ3v) is 5.44. The van der Waals surface area contributed by atoms with Crippen LogP contribution in [0.5, 0.6) is 0 Å². The van der Waals surface area contributed by atoms with E-state index in [4.69, 9.17) is 4.74 Å². The number of carbonyl (C=O) groups excluding carboxylic acids is 2. The Balaban J connectivity index is 1.62. The fourth-order valence-electron chi connectivity index (χ4n) is 3.87. The standard InChI is InChI=1S/C26H20FN5O3/c1-3-35-26(34)20-14-28-32(23-11-8-16-6-4-5-7-21(16)30-23)24(20)31-25(33)19-12-15(2)29-22-10-9-17(27)13-18(19)22/h4-14H,3H2,1-2H3,(H,31,33). The van der Waals surface area contributed by atoms with Crippen LogP contribution in [0, 0.1) is 12.7 Å². The molecule has 5 rings (SSSR count). The number of nitrogens with zero attached hydrogens (tertiary/aromatic N) is 4. The Morgan fingerprint density at radius 2 is 1.83 bits per heavy atom.